The van der Waals surface area contributed by atoms with Gasteiger partial charge in [-0.1, -0.05) is 48.0 Å². The van der Waals surface area contributed by atoms with Crippen molar-refractivity contribution >= 4 is 60.8 Å². The predicted molar refractivity (Wildman–Crippen MR) is 135 cm³/mol. The molecule has 1 aliphatic rings. The second kappa shape index (κ2) is 10.2. The Morgan fingerprint density at radius 3 is 2.45 bits per heavy atom. The van der Waals surface area contributed by atoms with Crippen LogP contribution in [0.1, 0.15) is 22.3 Å². The van der Waals surface area contributed by atoms with E-state index in [4.69, 9.17) is 4.74 Å². The highest BCUT2D eigenvalue weighted by molar-refractivity contribution is 9.11. The Morgan fingerprint density at radius 1 is 1.03 bits per heavy atom. The van der Waals surface area contributed by atoms with Crippen LogP contribution in [0.4, 0.5) is 9.18 Å². The molecule has 0 N–H and O–H groups in total. The maximum atomic E-state index is 13.9. The van der Waals surface area contributed by atoms with E-state index in [-0.39, 0.29) is 30.1 Å². The van der Waals surface area contributed by atoms with Crippen molar-refractivity contribution in [3.63, 3.8) is 0 Å². The van der Waals surface area contributed by atoms with Crippen LogP contribution < -0.4 is 4.74 Å². The number of nitrogens with zero attached hydrogens (tertiary/aromatic N) is 1. The molecular weight excluding hydrogens is 573 g/mol. The highest BCUT2D eigenvalue weighted by Gasteiger charge is 2.35. The zero-order valence-corrected chi connectivity index (χ0v) is 21.5. The number of hydrogen-bond donors (Lipinski definition) is 0. The second-order valence-corrected chi connectivity index (χ2v) is 10.2. The Balaban J connectivity index is 1.51. The molecule has 1 saturated heterocycles. The molecule has 0 saturated carbocycles. The molecule has 0 spiro atoms. The number of halogens is 3. The zero-order valence-electron chi connectivity index (χ0n) is 17.5. The first-order valence-electron chi connectivity index (χ1n) is 9.98. The minimum atomic E-state index is -0.331. The summed E-state index contributed by atoms with van der Waals surface area (Å²) in [6.07, 6.45) is 1.68. The first-order valence-corrected chi connectivity index (χ1v) is 12.4. The summed E-state index contributed by atoms with van der Waals surface area (Å²) in [6.45, 7) is 2.28. The minimum Gasteiger partial charge on any atom is -0.486 e. The van der Waals surface area contributed by atoms with Gasteiger partial charge in [-0.2, -0.15) is 0 Å². The predicted octanol–water partition coefficient (Wildman–Crippen LogP) is 7.47. The molecule has 1 aliphatic heterocycles. The molecule has 1 heterocycles. The van der Waals surface area contributed by atoms with Gasteiger partial charge in [0.1, 0.15) is 18.2 Å². The maximum absolute atomic E-state index is 13.9. The molecule has 0 radical (unpaired) electrons. The monoisotopic (exact) mass is 589 g/mol. The van der Waals surface area contributed by atoms with Gasteiger partial charge in [0.05, 0.1) is 20.4 Å². The van der Waals surface area contributed by atoms with Gasteiger partial charge in [0.25, 0.3) is 11.1 Å². The fourth-order valence-electron chi connectivity index (χ4n) is 3.35. The zero-order chi connectivity index (χ0) is 23.5. The number of carbonyl (C=O) groups excluding carboxylic acids is 2. The van der Waals surface area contributed by atoms with Crippen LogP contribution >= 0.6 is 43.6 Å². The lowest BCUT2D eigenvalue weighted by molar-refractivity contribution is -0.123. The Bertz CT molecular complexity index is 1260. The average Bonchev–Trinajstić information content (AvgIpc) is 3.02. The molecule has 3 aromatic rings. The van der Waals surface area contributed by atoms with Gasteiger partial charge in [-0.3, -0.25) is 14.5 Å². The van der Waals surface area contributed by atoms with E-state index in [9.17, 15) is 14.0 Å². The summed E-state index contributed by atoms with van der Waals surface area (Å²) in [4.78, 5) is 26.9. The number of thioether (sulfide) groups is 1. The number of hydrogen-bond acceptors (Lipinski definition) is 4. The molecule has 0 aromatic heterocycles. The van der Waals surface area contributed by atoms with E-state index < -0.39 is 0 Å². The van der Waals surface area contributed by atoms with Crippen LogP contribution in [-0.2, 0) is 17.9 Å². The molecule has 1 fully saturated rings. The first kappa shape index (κ1) is 23.7. The minimum absolute atomic E-state index is 0.0705. The molecule has 4 nitrogen and oxygen atoms in total. The van der Waals surface area contributed by atoms with E-state index >= 15 is 0 Å². The van der Waals surface area contributed by atoms with E-state index in [0.717, 1.165) is 22.9 Å². The smallest absolute Gasteiger partial charge is 0.293 e. The number of ether oxygens (including phenoxy) is 1. The molecular formula is C25H18Br2FNO3S. The lowest BCUT2D eigenvalue weighted by Crippen LogP contribution is -2.27. The van der Waals surface area contributed by atoms with Gasteiger partial charge < -0.3 is 4.74 Å². The Labute approximate surface area is 212 Å². The van der Waals surface area contributed by atoms with Crippen molar-refractivity contribution in [1.29, 1.82) is 0 Å². The Hall–Kier alpha value is -2.42. The molecule has 0 atom stereocenters. The maximum Gasteiger partial charge on any atom is 0.293 e. The first-order chi connectivity index (χ1) is 15.8. The van der Waals surface area contributed by atoms with Gasteiger partial charge in [0.15, 0.2) is 0 Å². The highest BCUT2D eigenvalue weighted by atomic mass is 79.9. The van der Waals surface area contributed by atoms with E-state index in [1.807, 2.05) is 31.2 Å². The van der Waals surface area contributed by atoms with Crippen molar-refractivity contribution in [1.82, 2.24) is 4.90 Å². The van der Waals surface area contributed by atoms with Crippen LogP contribution in [0.15, 0.2) is 74.5 Å². The Kier molecular flexibility index (Phi) is 7.36. The topological polar surface area (TPSA) is 46.6 Å². The fraction of sp³-hybridized carbons (Fsp3) is 0.120. The van der Waals surface area contributed by atoms with Gasteiger partial charge in [-0.15, -0.1) is 0 Å². The number of aryl methyl sites for hydroxylation is 1. The SMILES string of the molecule is Cc1cccc(CN2C(=O)S/C(=C/c3cc(Br)c(OCc4ccccc4F)c(Br)c3)C2=O)c1. The lowest BCUT2D eigenvalue weighted by Gasteiger charge is -2.13. The van der Waals surface area contributed by atoms with Crippen LogP contribution in [0.5, 0.6) is 5.75 Å². The molecule has 4 rings (SSSR count). The van der Waals surface area contributed by atoms with Gasteiger partial charge in [-0.25, -0.2) is 4.39 Å². The quantitative estimate of drug-likeness (QED) is 0.279. The molecule has 0 unspecified atom stereocenters. The van der Waals surface area contributed by atoms with Crippen LogP contribution in [0.25, 0.3) is 6.08 Å². The van der Waals surface area contributed by atoms with Gasteiger partial charge in [0, 0.05) is 5.56 Å². The number of carbonyl (C=O) groups is 2. The van der Waals surface area contributed by atoms with Crippen molar-refractivity contribution in [3.05, 3.63) is 103 Å². The van der Waals surface area contributed by atoms with Crippen molar-refractivity contribution in [2.75, 3.05) is 0 Å². The third kappa shape index (κ3) is 5.57. The van der Waals surface area contributed by atoms with Crippen molar-refractivity contribution in [3.8, 4) is 5.75 Å². The molecule has 0 bridgehead atoms. The van der Waals surface area contributed by atoms with Gasteiger partial charge in [-0.05, 0) is 85.9 Å². The largest absolute Gasteiger partial charge is 0.486 e. The van der Waals surface area contributed by atoms with Crippen molar-refractivity contribution < 1.29 is 18.7 Å². The van der Waals surface area contributed by atoms with E-state index in [2.05, 4.69) is 31.9 Å². The molecule has 8 heteroatoms. The molecule has 33 heavy (non-hydrogen) atoms. The number of amides is 2. The number of benzene rings is 3. The van der Waals surface area contributed by atoms with Crippen LogP contribution in [-0.4, -0.2) is 16.0 Å². The summed E-state index contributed by atoms with van der Waals surface area (Å²) in [7, 11) is 0. The summed E-state index contributed by atoms with van der Waals surface area (Å²) >= 11 is 7.88. The van der Waals surface area contributed by atoms with E-state index in [1.165, 1.54) is 11.0 Å². The molecule has 0 aliphatic carbocycles. The summed E-state index contributed by atoms with van der Waals surface area (Å²) < 4.78 is 20.9. The Morgan fingerprint density at radius 2 is 1.76 bits per heavy atom. The summed E-state index contributed by atoms with van der Waals surface area (Å²) in [5, 5.41) is -0.296. The van der Waals surface area contributed by atoms with Crippen molar-refractivity contribution in [2.24, 2.45) is 0 Å². The van der Waals surface area contributed by atoms with E-state index in [1.54, 1.807) is 36.4 Å². The van der Waals surface area contributed by atoms with E-state index in [0.29, 0.717) is 30.7 Å². The summed E-state index contributed by atoms with van der Waals surface area (Å²) in [5.41, 5.74) is 3.14. The second-order valence-electron chi connectivity index (χ2n) is 7.45. The lowest BCUT2D eigenvalue weighted by atomic mass is 10.1. The average molecular weight is 591 g/mol. The summed E-state index contributed by atoms with van der Waals surface area (Å²) in [6, 6.07) is 17.7. The van der Waals surface area contributed by atoms with Crippen LogP contribution in [0.2, 0.25) is 0 Å². The third-order valence-electron chi connectivity index (χ3n) is 4.94. The number of rotatable bonds is 6. The highest BCUT2D eigenvalue weighted by Crippen LogP contribution is 2.38. The van der Waals surface area contributed by atoms with Gasteiger partial charge >= 0.3 is 0 Å². The third-order valence-corrected chi connectivity index (χ3v) is 7.03. The van der Waals surface area contributed by atoms with Crippen LogP contribution in [0, 0.1) is 12.7 Å². The summed E-state index contributed by atoms with van der Waals surface area (Å²) in [5.74, 6) is -0.135. The standard InChI is InChI=1S/C25H18Br2FNO3S/c1-15-5-4-6-16(9-15)13-29-24(30)22(33-25(29)31)12-17-10-19(26)23(20(27)11-17)32-14-18-7-2-3-8-21(18)28/h2-12H,13-14H2,1H3/b22-12+. The normalized spacial score (nSPS) is 14.9. The van der Waals surface area contributed by atoms with Crippen molar-refractivity contribution in [2.45, 2.75) is 20.1 Å². The molecule has 3 aromatic carbocycles. The molecule has 168 valence electrons. The van der Waals surface area contributed by atoms with Crippen LogP contribution in [0.3, 0.4) is 0 Å². The van der Waals surface area contributed by atoms with Gasteiger partial charge in [0.2, 0.25) is 0 Å². The molecule has 2 amide bonds. The number of imide groups is 1. The fourth-order valence-corrected chi connectivity index (χ4v) is 5.64.